The van der Waals surface area contributed by atoms with Crippen LogP contribution in [0.2, 0.25) is 0 Å². The first-order valence-electron chi connectivity index (χ1n) is 10.0. The molecule has 0 spiro atoms. The van der Waals surface area contributed by atoms with Gasteiger partial charge in [-0.25, -0.2) is 17.9 Å². The molecule has 0 unspecified atom stereocenters. The zero-order valence-corrected chi connectivity index (χ0v) is 18.1. The minimum Gasteiger partial charge on any atom is -0.468 e. The molecule has 0 atom stereocenters. The van der Waals surface area contributed by atoms with E-state index in [1.54, 1.807) is 12.1 Å². The number of nitrogens with zero attached hydrogens (tertiary/aromatic N) is 1. The number of amides is 1. The first-order chi connectivity index (χ1) is 15.3. The number of carbonyl (C=O) groups is 2. The normalized spacial score (nSPS) is 15.3. The number of nitrogens with one attached hydrogen (secondary N) is 2. The third-order valence-electron chi connectivity index (χ3n) is 5.01. The number of hydrogen-bond donors (Lipinski definition) is 2. The molecule has 0 bridgehead atoms. The molecule has 1 aromatic heterocycles. The topological polar surface area (TPSA) is 138 Å². The van der Waals surface area contributed by atoms with E-state index >= 15 is 0 Å². The summed E-state index contributed by atoms with van der Waals surface area (Å²) in [5.41, 5.74) is -0.292. The molecule has 3 rings (SSSR count). The van der Waals surface area contributed by atoms with Crippen LogP contribution in [0.1, 0.15) is 37.0 Å². The molecule has 2 aromatic rings. The molecule has 1 aliphatic carbocycles. The summed E-state index contributed by atoms with van der Waals surface area (Å²) in [7, 11) is -3.71. The highest BCUT2D eigenvalue weighted by molar-refractivity contribution is 7.89. The average molecular weight is 458 g/mol. The Morgan fingerprint density at radius 3 is 2.53 bits per heavy atom. The lowest BCUT2D eigenvalue weighted by atomic mass is 10.00. The van der Waals surface area contributed by atoms with Crippen molar-refractivity contribution >= 4 is 28.0 Å². The Labute approximate surface area is 186 Å². The van der Waals surface area contributed by atoms with E-state index in [9.17, 15) is 23.3 Å². The first kappa shape index (κ1) is 23.2. The van der Waals surface area contributed by atoms with Gasteiger partial charge >= 0.3 is 5.97 Å². The van der Waals surface area contributed by atoms with E-state index in [0.29, 0.717) is 24.2 Å². The van der Waals surface area contributed by atoms with E-state index in [0.717, 1.165) is 18.9 Å². The van der Waals surface area contributed by atoms with E-state index in [1.807, 2.05) is 0 Å². The van der Waals surface area contributed by atoms with Crippen molar-refractivity contribution in [2.75, 3.05) is 6.61 Å². The molecule has 1 aliphatic rings. The van der Waals surface area contributed by atoms with Gasteiger partial charge in [-0.15, -0.1) is 0 Å². The molecular weight excluding hydrogens is 434 g/mol. The van der Waals surface area contributed by atoms with Crippen LogP contribution in [-0.4, -0.2) is 32.4 Å². The fourth-order valence-electron chi connectivity index (χ4n) is 3.32. The highest BCUT2D eigenvalue weighted by Crippen LogP contribution is 2.28. The Bertz CT molecular complexity index is 1110. The predicted molar refractivity (Wildman–Crippen MR) is 114 cm³/mol. The molecule has 10 heteroatoms. The van der Waals surface area contributed by atoms with Gasteiger partial charge in [0.1, 0.15) is 11.3 Å². The van der Waals surface area contributed by atoms with Gasteiger partial charge in [0.2, 0.25) is 10.0 Å². The summed E-state index contributed by atoms with van der Waals surface area (Å²) in [4.78, 5) is 23.9. The quantitative estimate of drug-likeness (QED) is 0.435. The Hall–Kier alpha value is -3.42. The van der Waals surface area contributed by atoms with Crippen LogP contribution in [0, 0.1) is 11.3 Å². The number of rotatable bonds is 9. The van der Waals surface area contributed by atoms with Gasteiger partial charge in [0.15, 0.2) is 6.61 Å². The number of esters is 1. The number of benzene rings is 1. The van der Waals surface area contributed by atoms with Gasteiger partial charge in [0.25, 0.3) is 5.91 Å². The van der Waals surface area contributed by atoms with Gasteiger partial charge < -0.3 is 14.5 Å². The molecule has 9 nitrogen and oxygen atoms in total. The lowest BCUT2D eigenvalue weighted by molar-refractivity contribution is -0.144. The Kier molecular flexibility index (Phi) is 7.45. The molecule has 1 saturated carbocycles. The van der Waals surface area contributed by atoms with Crippen LogP contribution in [0.3, 0.4) is 0 Å². The van der Waals surface area contributed by atoms with Crippen LogP contribution in [-0.2, 0) is 30.9 Å². The summed E-state index contributed by atoms with van der Waals surface area (Å²) in [5, 5.41) is 11.9. The number of furan rings is 1. The number of sulfonamides is 1. The van der Waals surface area contributed by atoms with Gasteiger partial charge in [-0.2, -0.15) is 5.26 Å². The van der Waals surface area contributed by atoms with E-state index in [1.165, 1.54) is 36.6 Å². The maximum atomic E-state index is 12.3. The molecule has 2 N–H and O–H groups in total. The van der Waals surface area contributed by atoms with Crippen molar-refractivity contribution < 1.29 is 27.2 Å². The van der Waals surface area contributed by atoms with Crippen LogP contribution in [0.15, 0.2) is 58.1 Å². The summed E-state index contributed by atoms with van der Waals surface area (Å²) < 4.78 is 37.1. The molecule has 1 fully saturated rings. The molecule has 1 heterocycles. The lowest BCUT2D eigenvalue weighted by Crippen LogP contribution is -2.46. The molecule has 0 aliphatic heterocycles. The molecule has 32 heavy (non-hydrogen) atoms. The number of nitriles is 1. The van der Waals surface area contributed by atoms with Crippen LogP contribution >= 0.6 is 0 Å². The molecular formula is C22H23N3O6S. The molecule has 0 radical (unpaired) electrons. The van der Waals surface area contributed by atoms with Gasteiger partial charge in [0.05, 0.1) is 23.8 Å². The molecule has 0 saturated heterocycles. The monoisotopic (exact) mass is 457 g/mol. The van der Waals surface area contributed by atoms with Crippen molar-refractivity contribution in [2.24, 2.45) is 0 Å². The molecule has 1 aromatic carbocycles. The van der Waals surface area contributed by atoms with Gasteiger partial charge in [-0.3, -0.25) is 4.79 Å². The molecule has 1 amide bonds. The molecule has 168 valence electrons. The second-order valence-electron chi connectivity index (χ2n) is 7.36. The summed E-state index contributed by atoms with van der Waals surface area (Å²) in [5.74, 6) is -0.757. The maximum Gasteiger partial charge on any atom is 0.331 e. The van der Waals surface area contributed by atoms with Crippen LogP contribution < -0.4 is 10.0 Å². The number of hydrogen-bond acceptors (Lipinski definition) is 7. The van der Waals surface area contributed by atoms with Crippen molar-refractivity contribution in [1.82, 2.24) is 10.0 Å². The highest BCUT2D eigenvalue weighted by Gasteiger charge is 2.35. The van der Waals surface area contributed by atoms with Crippen molar-refractivity contribution in [2.45, 2.75) is 42.7 Å². The average Bonchev–Trinajstić information content (AvgIpc) is 3.48. The fraction of sp³-hybridized carbons (Fsp3) is 0.318. The third-order valence-corrected chi connectivity index (χ3v) is 6.43. The van der Waals surface area contributed by atoms with Crippen LogP contribution in [0.5, 0.6) is 0 Å². The third kappa shape index (κ3) is 6.29. The Morgan fingerprint density at radius 2 is 1.91 bits per heavy atom. The summed E-state index contributed by atoms with van der Waals surface area (Å²) in [6.45, 7) is -0.447. The van der Waals surface area contributed by atoms with Gasteiger partial charge in [-0.05, 0) is 61.6 Å². The minimum absolute atomic E-state index is 0.0336. The maximum absolute atomic E-state index is 12.3. The SMILES string of the molecule is N#CC1(NC(=O)COC(=O)/C=C/c2ccc(S(=O)(=O)NCc3ccco3)cc2)CCCC1. The highest BCUT2D eigenvalue weighted by atomic mass is 32.2. The Morgan fingerprint density at radius 1 is 1.19 bits per heavy atom. The second-order valence-corrected chi connectivity index (χ2v) is 9.13. The summed E-state index contributed by atoms with van der Waals surface area (Å²) in [6, 6.07) is 11.4. The first-order valence-corrected chi connectivity index (χ1v) is 11.5. The fourth-order valence-corrected chi connectivity index (χ4v) is 4.31. The van der Waals surface area contributed by atoms with Crippen molar-refractivity contribution in [3.63, 3.8) is 0 Å². The largest absolute Gasteiger partial charge is 0.468 e. The van der Waals surface area contributed by atoms with Gasteiger partial charge in [0, 0.05) is 6.08 Å². The zero-order valence-electron chi connectivity index (χ0n) is 17.2. The van der Waals surface area contributed by atoms with Crippen molar-refractivity contribution in [1.29, 1.82) is 5.26 Å². The smallest absolute Gasteiger partial charge is 0.331 e. The number of ether oxygens (including phenoxy) is 1. The van der Waals surface area contributed by atoms with E-state index in [2.05, 4.69) is 16.1 Å². The van der Waals surface area contributed by atoms with Gasteiger partial charge in [-0.1, -0.05) is 12.1 Å². The summed E-state index contributed by atoms with van der Waals surface area (Å²) >= 11 is 0. The van der Waals surface area contributed by atoms with E-state index in [4.69, 9.17) is 9.15 Å². The van der Waals surface area contributed by atoms with E-state index < -0.39 is 34.0 Å². The second kappa shape index (κ2) is 10.3. The van der Waals surface area contributed by atoms with Crippen LogP contribution in [0.25, 0.3) is 6.08 Å². The van der Waals surface area contributed by atoms with Crippen molar-refractivity contribution in [3.05, 3.63) is 60.1 Å². The van der Waals surface area contributed by atoms with Crippen molar-refractivity contribution in [3.8, 4) is 6.07 Å². The lowest BCUT2D eigenvalue weighted by Gasteiger charge is -2.21. The number of carbonyl (C=O) groups excluding carboxylic acids is 2. The van der Waals surface area contributed by atoms with Crippen LogP contribution in [0.4, 0.5) is 0 Å². The Balaban J connectivity index is 1.48. The summed E-state index contributed by atoms with van der Waals surface area (Å²) in [6.07, 6.45) is 6.97. The minimum atomic E-state index is -3.71. The standard InChI is InChI=1S/C22H23N3O6S/c23-16-22(11-1-2-12-22)25-20(26)15-31-21(27)10-7-17-5-8-19(9-6-17)32(28,29)24-14-18-4-3-13-30-18/h3-10,13,24H,1-2,11-12,14-15H2,(H,25,26)/b10-7+. The van der Waals surface area contributed by atoms with E-state index in [-0.39, 0.29) is 11.4 Å². The predicted octanol–water partition coefficient (Wildman–Crippen LogP) is 2.27. The zero-order chi connectivity index (χ0) is 23.0.